The van der Waals surface area contributed by atoms with Crippen molar-refractivity contribution in [1.82, 2.24) is 25.3 Å². The Hall–Kier alpha value is -3.36. The summed E-state index contributed by atoms with van der Waals surface area (Å²) in [5, 5.41) is 12.1. The van der Waals surface area contributed by atoms with Gasteiger partial charge in [0.2, 0.25) is 0 Å². The van der Waals surface area contributed by atoms with Crippen LogP contribution in [0.2, 0.25) is 0 Å². The zero-order valence-electron chi connectivity index (χ0n) is 16.2. The Balaban J connectivity index is 1.56. The lowest BCUT2D eigenvalue weighted by Gasteiger charge is -2.23. The molecule has 0 spiro atoms. The van der Waals surface area contributed by atoms with Crippen LogP contribution in [-0.4, -0.2) is 64.4 Å². The molecular formula is C21H22N6O2. The van der Waals surface area contributed by atoms with Gasteiger partial charge in [-0.1, -0.05) is 0 Å². The van der Waals surface area contributed by atoms with E-state index < -0.39 is 0 Å². The molecule has 4 N–H and O–H groups in total. The van der Waals surface area contributed by atoms with Crippen LogP contribution in [0.1, 0.15) is 22.0 Å². The SMILES string of the molecule is CN(CCO)C(=O)c1ccc2[nH]cc(-c3cc4c([nH]3)N=CC3=CNN(C)C34)c2c1. The Morgan fingerprint density at radius 2 is 2.21 bits per heavy atom. The third kappa shape index (κ3) is 2.76. The van der Waals surface area contributed by atoms with Crippen LogP contribution in [0.5, 0.6) is 0 Å². The Morgan fingerprint density at radius 3 is 3.03 bits per heavy atom. The lowest BCUT2D eigenvalue weighted by molar-refractivity contribution is 0.0767. The number of aliphatic hydroxyl groups is 1. The van der Waals surface area contributed by atoms with Crippen molar-refractivity contribution in [3.63, 3.8) is 0 Å². The first-order valence-electron chi connectivity index (χ1n) is 9.50. The van der Waals surface area contributed by atoms with Crippen molar-refractivity contribution >= 4 is 28.8 Å². The quantitative estimate of drug-likeness (QED) is 0.549. The first kappa shape index (κ1) is 17.7. The van der Waals surface area contributed by atoms with Gasteiger partial charge in [0, 0.05) is 78.1 Å². The molecule has 3 aromatic rings. The summed E-state index contributed by atoms with van der Waals surface area (Å²) in [5.74, 6) is 0.735. The molecule has 0 saturated carbocycles. The number of aromatic amines is 2. The van der Waals surface area contributed by atoms with Gasteiger partial charge in [-0.05, 0) is 24.3 Å². The van der Waals surface area contributed by atoms with Gasteiger partial charge in [-0.3, -0.25) is 4.79 Å². The number of hydrogen-bond donors (Lipinski definition) is 4. The molecule has 8 heteroatoms. The normalized spacial score (nSPS) is 17.8. The van der Waals surface area contributed by atoms with Gasteiger partial charge in [-0.15, -0.1) is 0 Å². The summed E-state index contributed by atoms with van der Waals surface area (Å²) in [4.78, 5) is 25.4. The molecule has 1 unspecified atom stereocenters. The maximum absolute atomic E-state index is 12.6. The number of fused-ring (bicyclic) bond motifs is 4. The van der Waals surface area contributed by atoms with Gasteiger partial charge in [-0.2, -0.15) is 0 Å². The highest BCUT2D eigenvalue weighted by Crippen LogP contribution is 2.42. The van der Waals surface area contributed by atoms with Crippen molar-refractivity contribution in [2.24, 2.45) is 4.99 Å². The van der Waals surface area contributed by atoms with Gasteiger partial charge in [0.1, 0.15) is 5.82 Å². The summed E-state index contributed by atoms with van der Waals surface area (Å²) >= 11 is 0. The molecule has 2 aromatic heterocycles. The standard InChI is InChI=1S/C21H22N6O2/c1-26(5-6-28)21(29)12-3-4-17-14(7-12)16(11-22-17)18-8-15-19-13(10-24-27(19)2)9-23-20(15)25-18/h3-4,7-11,19,22,24-25,28H,5-6H2,1-2H3. The van der Waals surface area contributed by atoms with Crippen LogP contribution in [-0.2, 0) is 0 Å². The second kappa shape index (κ2) is 6.61. The van der Waals surface area contributed by atoms with E-state index in [9.17, 15) is 4.79 Å². The van der Waals surface area contributed by atoms with E-state index >= 15 is 0 Å². The topological polar surface area (TPSA) is 99.8 Å². The maximum Gasteiger partial charge on any atom is 0.253 e. The second-order valence-corrected chi connectivity index (χ2v) is 7.45. The molecule has 5 rings (SSSR count). The number of nitrogens with zero attached hydrogens (tertiary/aromatic N) is 3. The van der Waals surface area contributed by atoms with Gasteiger partial charge in [0.25, 0.3) is 5.91 Å². The Morgan fingerprint density at radius 1 is 1.34 bits per heavy atom. The highest BCUT2D eigenvalue weighted by molar-refractivity contribution is 6.02. The Kier molecular flexibility index (Phi) is 4.04. The molecule has 4 heterocycles. The number of rotatable bonds is 4. The van der Waals surface area contributed by atoms with E-state index in [1.807, 2.05) is 37.8 Å². The maximum atomic E-state index is 12.6. The van der Waals surface area contributed by atoms with Crippen molar-refractivity contribution in [2.45, 2.75) is 6.04 Å². The minimum Gasteiger partial charge on any atom is -0.395 e. The molecular weight excluding hydrogens is 368 g/mol. The minimum atomic E-state index is -0.114. The summed E-state index contributed by atoms with van der Waals surface area (Å²) in [5.41, 5.74) is 8.95. The molecule has 0 aliphatic carbocycles. The van der Waals surface area contributed by atoms with Gasteiger partial charge in [0.15, 0.2) is 0 Å². The zero-order chi connectivity index (χ0) is 20.1. The van der Waals surface area contributed by atoms with Crippen molar-refractivity contribution in [3.8, 4) is 11.3 Å². The van der Waals surface area contributed by atoms with Crippen LogP contribution in [0, 0.1) is 0 Å². The van der Waals surface area contributed by atoms with Crippen molar-refractivity contribution in [1.29, 1.82) is 0 Å². The fraction of sp³-hybridized carbons (Fsp3) is 0.238. The van der Waals surface area contributed by atoms with E-state index in [-0.39, 0.29) is 18.6 Å². The fourth-order valence-corrected chi connectivity index (χ4v) is 4.06. The number of likely N-dealkylation sites (N-methyl/N-ethyl adjacent to an activating group) is 2. The molecule has 1 atom stereocenters. The number of H-pyrrole nitrogens is 2. The smallest absolute Gasteiger partial charge is 0.253 e. The summed E-state index contributed by atoms with van der Waals surface area (Å²) in [6, 6.07) is 7.87. The van der Waals surface area contributed by atoms with Crippen LogP contribution in [0.15, 0.2) is 47.2 Å². The predicted molar refractivity (Wildman–Crippen MR) is 112 cm³/mol. The largest absolute Gasteiger partial charge is 0.395 e. The number of aliphatic hydroxyl groups excluding tert-OH is 1. The monoisotopic (exact) mass is 390 g/mol. The van der Waals surface area contributed by atoms with Crippen LogP contribution >= 0.6 is 0 Å². The average Bonchev–Trinajstić information content (AvgIpc) is 3.42. The summed E-state index contributed by atoms with van der Waals surface area (Å²) < 4.78 is 0. The number of benzene rings is 1. The highest BCUT2D eigenvalue weighted by atomic mass is 16.3. The molecule has 0 radical (unpaired) electrons. The number of hydrogen-bond acceptors (Lipinski definition) is 5. The first-order valence-corrected chi connectivity index (χ1v) is 9.50. The van der Waals surface area contributed by atoms with E-state index in [1.165, 1.54) is 4.90 Å². The van der Waals surface area contributed by atoms with Gasteiger partial charge >= 0.3 is 0 Å². The van der Waals surface area contributed by atoms with Crippen LogP contribution in [0.4, 0.5) is 5.82 Å². The van der Waals surface area contributed by atoms with Crippen molar-refractivity contribution in [2.75, 3.05) is 27.2 Å². The molecule has 148 valence electrons. The molecule has 1 aromatic carbocycles. The third-order valence-electron chi connectivity index (χ3n) is 5.60. The minimum absolute atomic E-state index is 0.0602. The summed E-state index contributed by atoms with van der Waals surface area (Å²) in [6.45, 7) is 0.242. The second-order valence-electron chi connectivity index (χ2n) is 7.45. The number of aromatic nitrogens is 2. The lowest BCUT2D eigenvalue weighted by atomic mass is 9.99. The van der Waals surface area contributed by atoms with E-state index in [0.29, 0.717) is 12.1 Å². The molecule has 1 amide bonds. The molecule has 0 fully saturated rings. The fourth-order valence-electron chi connectivity index (χ4n) is 4.06. The third-order valence-corrected chi connectivity index (χ3v) is 5.60. The number of amides is 1. The van der Waals surface area contributed by atoms with Crippen LogP contribution in [0.3, 0.4) is 0 Å². The number of hydrazine groups is 1. The summed E-state index contributed by atoms with van der Waals surface area (Å²) in [7, 11) is 3.70. The van der Waals surface area contributed by atoms with Gasteiger partial charge in [-0.25, -0.2) is 10.0 Å². The van der Waals surface area contributed by atoms with E-state index in [1.54, 1.807) is 13.1 Å². The van der Waals surface area contributed by atoms with Crippen LogP contribution < -0.4 is 5.43 Å². The van der Waals surface area contributed by atoms with E-state index in [2.05, 4.69) is 31.5 Å². The van der Waals surface area contributed by atoms with E-state index in [4.69, 9.17) is 5.11 Å². The van der Waals surface area contributed by atoms with Crippen LogP contribution in [0.25, 0.3) is 22.2 Å². The molecule has 2 aliphatic heterocycles. The van der Waals surface area contributed by atoms with E-state index in [0.717, 1.165) is 39.1 Å². The number of aliphatic imine (C=N–C) groups is 1. The average molecular weight is 390 g/mol. The molecule has 2 aliphatic rings. The molecule has 0 bridgehead atoms. The van der Waals surface area contributed by atoms with Gasteiger partial charge < -0.3 is 25.4 Å². The lowest BCUT2D eigenvalue weighted by Crippen LogP contribution is -2.29. The number of carbonyl (C=O) groups excluding carboxylic acids is 1. The van der Waals surface area contributed by atoms with Crippen molar-refractivity contribution < 1.29 is 9.90 Å². The van der Waals surface area contributed by atoms with Gasteiger partial charge in [0.05, 0.1) is 12.6 Å². The molecule has 29 heavy (non-hydrogen) atoms. The Labute approximate surface area is 167 Å². The Bertz CT molecular complexity index is 1170. The molecule has 0 saturated heterocycles. The first-order chi connectivity index (χ1) is 14.1. The molecule has 8 nitrogen and oxygen atoms in total. The number of carbonyl (C=O) groups is 1. The number of nitrogens with one attached hydrogen (secondary N) is 3. The highest BCUT2D eigenvalue weighted by Gasteiger charge is 2.31. The predicted octanol–water partition coefficient (Wildman–Crippen LogP) is 2.32. The zero-order valence-corrected chi connectivity index (χ0v) is 16.2. The summed E-state index contributed by atoms with van der Waals surface area (Å²) in [6.07, 6.45) is 5.80. The van der Waals surface area contributed by atoms with Crippen molar-refractivity contribution in [3.05, 3.63) is 53.4 Å².